The van der Waals surface area contributed by atoms with Gasteiger partial charge in [-0.05, 0) is 25.2 Å². The molecule has 5 heteroatoms. The summed E-state index contributed by atoms with van der Waals surface area (Å²) in [5, 5.41) is 2.85. The first kappa shape index (κ1) is 15.4. The molecule has 0 aromatic heterocycles. The molecule has 1 amide bonds. The topological polar surface area (TPSA) is 73.6 Å². The third kappa shape index (κ3) is 5.33. The minimum absolute atomic E-state index is 0.0681. The Kier molecular flexibility index (Phi) is 6.60. The van der Waals surface area contributed by atoms with E-state index in [9.17, 15) is 4.79 Å². The van der Waals surface area contributed by atoms with E-state index < -0.39 is 5.60 Å². The molecule has 1 saturated heterocycles. The van der Waals surface area contributed by atoms with Crippen LogP contribution in [0.5, 0.6) is 0 Å². The van der Waals surface area contributed by atoms with Crippen molar-refractivity contribution in [1.82, 2.24) is 5.32 Å². The van der Waals surface area contributed by atoms with E-state index in [-0.39, 0.29) is 12.5 Å². The van der Waals surface area contributed by atoms with Gasteiger partial charge in [0.15, 0.2) is 0 Å². The Bertz CT molecular complexity index is 251. The zero-order chi connectivity index (χ0) is 13.4. The van der Waals surface area contributed by atoms with Crippen LogP contribution in [0.4, 0.5) is 0 Å². The van der Waals surface area contributed by atoms with E-state index in [1.54, 1.807) is 0 Å². The SMILES string of the molecule is CC(C)CCNC(=O)COC1(CN)CCCOC1. The lowest BCUT2D eigenvalue weighted by molar-refractivity contribution is -0.147. The molecule has 1 heterocycles. The van der Waals surface area contributed by atoms with Crippen LogP contribution in [0.25, 0.3) is 0 Å². The van der Waals surface area contributed by atoms with Gasteiger partial charge < -0.3 is 20.5 Å². The van der Waals surface area contributed by atoms with Crippen molar-refractivity contribution in [1.29, 1.82) is 0 Å². The number of nitrogens with one attached hydrogen (secondary N) is 1. The van der Waals surface area contributed by atoms with Crippen LogP contribution in [-0.4, -0.2) is 44.4 Å². The quantitative estimate of drug-likeness (QED) is 0.704. The van der Waals surface area contributed by atoms with Crippen molar-refractivity contribution in [3.63, 3.8) is 0 Å². The zero-order valence-electron chi connectivity index (χ0n) is 11.5. The van der Waals surface area contributed by atoms with E-state index in [1.807, 2.05) is 0 Å². The number of rotatable bonds is 7. The van der Waals surface area contributed by atoms with E-state index in [2.05, 4.69) is 19.2 Å². The van der Waals surface area contributed by atoms with Crippen molar-refractivity contribution in [2.24, 2.45) is 11.7 Å². The van der Waals surface area contributed by atoms with Crippen LogP contribution in [-0.2, 0) is 14.3 Å². The van der Waals surface area contributed by atoms with Crippen molar-refractivity contribution in [2.45, 2.75) is 38.7 Å². The fourth-order valence-electron chi connectivity index (χ4n) is 1.93. The molecule has 5 nitrogen and oxygen atoms in total. The van der Waals surface area contributed by atoms with Crippen LogP contribution >= 0.6 is 0 Å². The fraction of sp³-hybridized carbons (Fsp3) is 0.923. The number of ether oxygens (including phenoxy) is 2. The lowest BCUT2D eigenvalue weighted by atomic mass is 9.96. The summed E-state index contributed by atoms with van der Waals surface area (Å²) in [4.78, 5) is 11.6. The molecule has 1 aliphatic rings. The van der Waals surface area contributed by atoms with Gasteiger partial charge in [-0.1, -0.05) is 13.8 Å². The van der Waals surface area contributed by atoms with Gasteiger partial charge in [-0.15, -0.1) is 0 Å². The number of carbonyl (C=O) groups excluding carboxylic acids is 1. The Hall–Kier alpha value is -0.650. The van der Waals surface area contributed by atoms with E-state index in [0.29, 0.717) is 25.6 Å². The summed E-state index contributed by atoms with van der Waals surface area (Å²) >= 11 is 0. The van der Waals surface area contributed by atoms with Gasteiger partial charge >= 0.3 is 0 Å². The van der Waals surface area contributed by atoms with Crippen molar-refractivity contribution >= 4 is 5.91 Å². The summed E-state index contributed by atoms with van der Waals surface area (Å²) < 4.78 is 11.1. The highest BCUT2D eigenvalue weighted by Gasteiger charge is 2.33. The molecular formula is C13H26N2O3. The van der Waals surface area contributed by atoms with Crippen LogP contribution in [0.1, 0.15) is 33.1 Å². The Morgan fingerprint density at radius 1 is 1.56 bits per heavy atom. The van der Waals surface area contributed by atoms with Gasteiger partial charge in [0.05, 0.1) is 6.61 Å². The van der Waals surface area contributed by atoms with Gasteiger partial charge in [0.2, 0.25) is 5.91 Å². The highest BCUT2D eigenvalue weighted by Crippen LogP contribution is 2.22. The van der Waals surface area contributed by atoms with Crippen molar-refractivity contribution < 1.29 is 14.3 Å². The minimum Gasteiger partial charge on any atom is -0.378 e. The van der Waals surface area contributed by atoms with Gasteiger partial charge in [0, 0.05) is 19.7 Å². The number of nitrogens with two attached hydrogens (primary N) is 1. The van der Waals surface area contributed by atoms with E-state index in [0.717, 1.165) is 25.9 Å². The molecule has 1 atom stereocenters. The first-order chi connectivity index (χ1) is 8.58. The molecule has 1 fully saturated rings. The monoisotopic (exact) mass is 258 g/mol. The van der Waals surface area contributed by atoms with Crippen molar-refractivity contribution in [2.75, 3.05) is 32.9 Å². The lowest BCUT2D eigenvalue weighted by Crippen LogP contribution is -2.49. The summed E-state index contributed by atoms with van der Waals surface area (Å²) in [6.07, 6.45) is 2.78. The predicted molar refractivity (Wildman–Crippen MR) is 70.3 cm³/mol. The number of amides is 1. The van der Waals surface area contributed by atoms with Crippen LogP contribution < -0.4 is 11.1 Å². The maximum Gasteiger partial charge on any atom is 0.246 e. The van der Waals surface area contributed by atoms with E-state index >= 15 is 0 Å². The van der Waals surface area contributed by atoms with Crippen LogP contribution in [0, 0.1) is 5.92 Å². The molecule has 1 rings (SSSR count). The highest BCUT2D eigenvalue weighted by molar-refractivity contribution is 5.77. The molecule has 0 saturated carbocycles. The molecule has 106 valence electrons. The van der Waals surface area contributed by atoms with Gasteiger partial charge in [-0.2, -0.15) is 0 Å². The molecule has 1 unspecified atom stereocenters. The number of hydrogen-bond donors (Lipinski definition) is 2. The lowest BCUT2D eigenvalue weighted by Gasteiger charge is -2.35. The fourth-order valence-corrected chi connectivity index (χ4v) is 1.93. The Labute approximate surface area is 109 Å². The minimum atomic E-state index is -0.465. The Balaban J connectivity index is 2.23. The second-order valence-electron chi connectivity index (χ2n) is 5.36. The average molecular weight is 258 g/mol. The average Bonchev–Trinajstić information content (AvgIpc) is 2.37. The summed E-state index contributed by atoms with van der Waals surface area (Å²) in [7, 11) is 0. The normalized spacial score (nSPS) is 24.2. The van der Waals surface area contributed by atoms with E-state index in [1.165, 1.54) is 0 Å². The summed E-state index contributed by atoms with van der Waals surface area (Å²) in [5.41, 5.74) is 5.26. The standard InChI is InChI=1S/C13H26N2O3/c1-11(2)4-6-15-12(16)8-18-13(9-14)5-3-7-17-10-13/h11H,3-10,14H2,1-2H3,(H,15,16). The summed E-state index contributed by atoms with van der Waals surface area (Å²) in [5.74, 6) is 0.516. The molecule has 3 N–H and O–H groups in total. The highest BCUT2D eigenvalue weighted by atomic mass is 16.5. The maximum absolute atomic E-state index is 11.6. The third-order valence-corrected chi connectivity index (χ3v) is 3.21. The number of hydrogen-bond acceptors (Lipinski definition) is 4. The summed E-state index contributed by atoms with van der Waals surface area (Å²) in [6.45, 7) is 6.67. The van der Waals surface area contributed by atoms with Crippen LogP contribution in [0.2, 0.25) is 0 Å². The number of carbonyl (C=O) groups is 1. The molecule has 1 aliphatic heterocycles. The van der Waals surface area contributed by atoms with Gasteiger partial charge in [0.25, 0.3) is 0 Å². The Morgan fingerprint density at radius 2 is 2.33 bits per heavy atom. The second kappa shape index (κ2) is 7.71. The molecule has 0 spiro atoms. The molecule has 0 bridgehead atoms. The third-order valence-electron chi connectivity index (χ3n) is 3.21. The second-order valence-corrected chi connectivity index (χ2v) is 5.36. The van der Waals surface area contributed by atoms with Gasteiger partial charge in [-0.25, -0.2) is 0 Å². The zero-order valence-corrected chi connectivity index (χ0v) is 11.5. The van der Waals surface area contributed by atoms with Gasteiger partial charge in [0.1, 0.15) is 12.2 Å². The van der Waals surface area contributed by atoms with Crippen LogP contribution in [0.3, 0.4) is 0 Å². The Morgan fingerprint density at radius 3 is 2.89 bits per heavy atom. The molecule has 18 heavy (non-hydrogen) atoms. The molecule has 0 aromatic carbocycles. The van der Waals surface area contributed by atoms with Crippen LogP contribution in [0.15, 0.2) is 0 Å². The van der Waals surface area contributed by atoms with E-state index in [4.69, 9.17) is 15.2 Å². The largest absolute Gasteiger partial charge is 0.378 e. The molecule has 0 aliphatic carbocycles. The summed E-state index contributed by atoms with van der Waals surface area (Å²) in [6, 6.07) is 0. The molecular weight excluding hydrogens is 232 g/mol. The smallest absolute Gasteiger partial charge is 0.246 e. The predicted octanol–water partition coefficient (Wildman–Crippen LogP) is 0.673. The first-order valence-electron chi connectivity index (χ1n) is 6.76. The molecule has 0 aromatic rings. The van der Waals surface area contributed by atoms with Gasteiger partial charge in [-0.3, -0.25) is 4.79 Å². The van der Waals surface area contributed by atoms with Crippen molar-refractivity contribution in [3.8, 4) is 0 Å². The molecule has 0 radical (unpaired) electrons. The maximum atomic E-state index is 11.6. The van der Waals surface area contributed by atoms with Crippen molar-refractivity contribution in [3.05, 3.63) is 0 Å². The first-order valence-corrected chi connectivity index (χ1v) is 6.76.